The van der Waals surface area contributed by atoms with E-state index < -0.39 is 12.0 Å². The minimum absolute atomic E-state index is 0.178. The summed E-state index contributed by atoms with van der Waals surface area (Å²) in [5, 5.41) is 11.6. The van der Waals surface area contributed by atoms with Crippen LogP contribution in [-0.4, -0.2) is 12.7 Å². The van der Waals surface area contributed by atoms with E-state index in [2.05, 4.69) is 5.32 Å². The second kappa shape index (κ2) is 3.95. The summed E-state index contributed by atoms with van der Waals surface area (Å²) in [6.45, 7) is 0.295. The predicted octanol–water partition coefficient (Wildman–Crippen LogP) is 2.07. The number of nitrogens with zero attached hydrogens (tertiary/aromatic N) is 1. The predicted molar refractivity (Wildman–Crippen MR) is 51.4 cm³/mol. The van der Waals surface area contributed by atoms with Gasteiger partial charge < -0.3 is 5.32 Å². The number of benzene rings is 1. The molecule has 1 aliphatic rings. The van der Waals surface area contributed by atoms with Gasteiger partial charge in [-0.05, 0) is 30.2 Å². The minimum Gasteiger partial charge on any atom is -0.307 e. The van der Waals surface area contributed by atoms with Crippen LogP contribution in [0.4, 0.5) is 8.78 Å². The molecule has 0 amide bonds. The van der Waals surface area contributed by atoms with Crippen LogP contribution in [0.1, 0.15) is 23.6 Å². The fraction of sp³-hybridized carbons (Fsp3) is 0.364. The molecule has 0 aromatic heterocycles. The summed E-state index contributed by atoms with van der Waals surface area (Å²) in [4.78, 5) is 0. The molecule has 2 nitrogen and oxygen atoms in total. The third kappa shape index (κ3) is 2.13. The molecule has 1 aromatic carbocycles. The van der Waals surface area contributed by atoms with Gasteiger partial charge in [-0.25, -0.2) is 8.78 Å². The van der Waals surface area contributed by atoms with Gasteiger partial charge in [-0.15, -0.1) is 0 Å². The Hall–Kier alpha value is -1.47. The smallest absolute Gasteiger partial charge is 0.124 e. The molecule has 1 heterocycles. The summed E-state index contributed by atoms with van der Waals surface area (Å²) >= 11 is 0. The first-order valence-corrected chi connectivity index (χ1v) is 4.77. The molecule has 78 valence electrons. The lowest BCUT2D eigenvalue weighted by Crippen LogP contribution is -2.14. The Morgan fingerprint density at radius 2 is 2.20 bits per heavy atom. The van der Waals surface area contributed by atoms with Crippen molar-refractivity contribution in [2.75, 3.05) is 6.54 Å². The normalized spacial score (nSPS) is 25.1. The molecule has 1 aliphatic heterocycles. The van der Waals surface area contributed by atoms with Crippen LogP contribution in [0.5, 0.6) is 0 Å². The van der Waals surface area contributed by atoms with E-state index >= 15 is 0 Å². The van der Waals surface area contributed by atoms with E-state index in [0.29, 0.717) is 18.5 Å². The second-order valence-electron chi connectivity index (χ2n) is 3.68. The fourth-order valence-electron chi connectivity index (χ4n) is 1.82. The molecule has 15 heavy (non-hydrogen) atoms. The highest BCUT2D eigenvalue weighted by molar-refractivity contribution is 5.35. The number of nitrogens with one attached hydrogen (secondary N) is 1. The van der Waals surface area contributed by atoms with Gasteiger partial charge in [-0.3, -0.25) is 0 Å². The van der Waals surface area contributed by atoms with Gasteiger partial charge >= 0.3 is 0 Å². The number of alkyl halides is 1. The van der Waals surface area contributed by atoms with Gasteiger partial charge in [0.2, 0.25) is 0 Å². The van der Waals surface area contributed by atoms with E-state index in [0.717, 1.165) is 0 Å². The summed E-state index contributed by atoms with van der Waals surface area (Å²) in [5.74, 6) is -0.451. The first-order valence-electron chi connectivity index (χ1n) is 4.77. The van der Waals surface area contributed by atoms with Gasteiger partial charge in [-0.2, -0.15) is 5.26 Å². The van der Waals surface area contributed by atoms with Gasteiger partial charge in [0.25, 0.3) is 0 Å². The highest BCUT2D eigenvalue weighted by atomic mass is 19.1. The second-order valence-corrected chi connectivity index (χ2v) is 3.68. The molecule has 1 N–H and O–H groups in total. The highest BCUT2D eigenvalue weighted by Gasteiger charge is 2.25. The largest absolute Gasteiger partial charge is 0.307 e. The molecule has 0 radical (unpaired) electrons. The summed E-state index contributed by atoms with van der Waals surface area (Å²) in [6.07, 6.45) is -0.544. The van der Waals surface area contributed by atoms with Crippen LogP contribution in [0.3, 0.4) is 0 Å². The first kappa shape index (κ1) is 10.1. The molecule has 1 saturated heterocycles. The Morgan fingerprint density at radius 1 is 1.40 bits per heavy atom. The van der Waals surface area contributed by atoms with Crippen molar-refractivity contribution >= 4 is 0 Å². The lowest BCUT2D eigenvalue weighted by molar-refractivity contribution is 0.356. The summed E-state index contributed by atoms with van der Waals surface area (Å²) in [5.41, 5.74) is 0.917. The molecule has 0 bridgehead atoms. The van der Waals surface area contributed by atoms with Gasteiger partial charge in [0.05, 0.1) is 11.6 Å². The summed E-state index contributed by atoms with van der Waals surface area (Å²) in [7, 11) is 0. The highest BCUT2D eigenvalue weighted by Crippen LogP contribution is 2.26. The van der Waals surface area contributed by atoms with Crippen molar-refractivity contribution in [3.05, 3.63) is 35.1 Å². The molecule has 0 aliphatic carbocycles. The third-order valence-electron chi connectivity index (χ3n) is 2.53. The van der Waals surface area contributed by atoms with E-state index in [-0.39, 0.29) is 11.6 Å². The zero-order valence-corrected chi connectivity index (χ0v) is 8.00. The molecular weight excluding hydrogens is 198 g/mol. The van der Waals surface area contributed by atoms with Crippen molar-refractivity contribution in [2.24, 2.45) is 0 Å². The van der Waals surface area contributed by atoms with Crippen molar-refractivity contribution in [2.45, 2.75) is 18.6 Å². The standard InChI is InChI=1S/C11H10F2N2/c12-9-2-7(5-14)1-8(3-9)11-4-10(13)6-15-11/h1-3,10-11,15H,4,6H2. The molecule has 1 fully saturated rings. The van der Waals surface area contributed by atoms with E-state index in [4.69, 9.17) is 5.26 Å². The Kier molecular flexibility index (Phi) is 2.65. The van der Waals surface area contributed by atoms with Gasteiger partial charge in [-0.1, -0.05) is 0 Å². The van der Waals surface area contributed by atoms with Crippen molar-refractivity contribution in [1.82, 2.24) is 5.32 Å². The number of hydrogen-bond donors (Lipinski definition) is 1. The fourth-order valence-corrected chi connectivity index (χ4v) is 1.82. The zero-order chi connectivity index (χ0) is 10.8. The number of halogens is 2. The number of hydrogen-bond acceptors (Lipinski definition) is 2. The topological polar surface area (TPSA) is 35.8 Å². The molecule has 4 heteroatoms. The maximum absolute atomic E-state index is 13.1. The quantitative estimate of drug-likeness (QED) is 0.766. The molecule has 2 atom stereocenters. The Morgan fingerprint density at radius 3 is 2.80 bits per heavy atom. The van der Waals surface area contributed by atoms with Crippen LogP contribution in [0, 0.1) is 17.1 Å². The minimum atomic E-state index is -0.885. The van der Waals surface area contributed by atoms with Crippen LogP contribution in [-0.2, 0) is 0 Å². The molecular formula is C11H10F2N2. The molecule has 2 unspecified atom stereocenters. The maximum atomic E-state index is 13.1. The lowest BCUT2D eigenvalue weighted by Gasteiger charge is -2.10. The Labute approximate surface area is 86.5 Å². The first-order chi connectivity index (χ1) is 7.19. The van der Waals surface area contributed by atoms with E-state index in [1.165, 1.54) is 12.1 Å². The van der Waals surface area contributed by atoms with E-state index in [1.54, 1.807) is 6.07 Å². The van der Waals surface area contributed by atoms with Crippen LogP contribution in [0.15, 0.2) is 18.2 Å². The number of nitriles is 1. The van der Waals surface area contributed by atoms with Crippen LogP contribution >= 0.6 is 0 Å². The zero-order valence-electron chi connectivity index (χ0n) is 8.00. The van der Waals surface area contributed by atoms with Crippen molar-refractivity contribution in [3.63, 3.8) is 0 Å². The summed E-state index contributed by atoms with van der Waals surface area (Å²) < 4.78 is 26.0. The van der Waals surface area contributed by atoms with E-state index in [9.17, 15) is 8.78 Å². The Balaban J connectivity index is 2.29. The van der Waals surface area contributed by atoms with Crippen molar-refractivity contribution < 1.29 is 8.78 Å². The third-order valence-corrected chi connectivity index (χ3v) is 2.53. The van der Waals surface area contributed by atoms with Crippen LogP contribution < -0.4 is 5.32 Å². The van der Waals surface area contributed by atoms with Crippen LogP contribution in [0.2, 0.25) is 0 Å². The Bertz CT molecular complexity index is 412. The van der Waals surface area contributed by atoms with Crippen LogP contribution in [0.25, 0.3) is 0 Å². The molecule has 1 aromatic rings. The lowest BCUT2D eigenvalue weighted by atomic mass is 10.0. The average molecular weight is 208 g/mol. The monoisotopic (exact) mass is 208 g/mol. The number of rotatable bonds is 1. The van der Waals surface area contributed by atoms with E-state index in [1.807, 2.05) is 6.07 Å². The van der Waals surface area contributed by atoms with Crippen molar-refractivity contribution in [3.8, 4) is 6.07 Å². The molecule has 0 spiro atoms. The average Bonchev–Trinajstić information content (AvgIpc) is 2.64. The van der Waals surface area contributed by atoms with Gasteiger partial charge in [0.15, 0.2) is 0 Å². The molecule has 2 rings (SSSR count). The summed E-state index contributed by atoms with van der Waals surface area (Å²) in [6, 6.07) is 5.82. The van der Waals surface area contributed by atoms with Gasteiger partial charge in [0, 0.05) is 12.6 Å². The maximum Gasteiger partial charge on any atom is 0.124 e. The van der Waals surface area contributed by atoms with Gasteiger partial charge in [0.1, 0.15) is 12.0 Å². The van der Waals surface area contributed by atoms with Crippen molar-refractivity contribution in [1.29, 1.82) is 5.26 Å². The SMILES string of the molecule is N#Cc1cc(F)cc(C2CC(F)CN2)c1. The molecule has 0 saturated carbocycles.